The maximum Gasteiger partial charge on any atom is 0.248 e. The molecule has 0 aliphatic heterocycles. The number of amides is 1. The Labute approximate surface area is 212 Å². The second-order valence-electron chi connectivity index (χ2n) is 9.80. The Morgan fingerprint density at radius 2 is 1.80 bits per heavy atom. The van der Waals surface area contributed by atoms with E-state index < -0.39 is 11.5 Å². The molecule has 1 aromatic heterocycles. The molecule has 7 nitrogen and oxygen atoms in total. The lowest BCUT2D eigenvalue weighted by Gasteiger charge is -2.32. The number of nitrogens with two attached hydrogens (primary N) is 1. The zero-order valence-electron chi connectivity index (χ0n) is 20.3. The molecule has 0 spiro atoms. The monoisotopic (exact) mass is 499 g/mol. The SMILES string of the molecule is C[N+](C)(CCOc1ccc(C(N)=O)cc1)Cc1cnc(C(O)(c2ccccc2)C2CCCC2)o1.[Cl-]. The zero-order chi connectivity index (χ0) is 24.2. The van der Waals surface area contributed by atoms with E-state index in [1.165, 1.54) is 0 Å². The molecule has 3 N–H and O–H groups in total. The highest BCUT2D eigenvalue weighted by Crippen LogP contribution is 2.44. The van der Waals surface area contributed by atoms with Gasteiger partial charge >= 0.3 is 0 Å². The molecule has 1 saturated carbocycles. The number of primary amides is 1. The van der Waals surface area contributed by atoms with Gasteiger partial charge in [-0.2, -0.15) is 0 Å². The van der Waals surface area contributed by atoms with Crippen LogP contribution in [0.3, 0.4) is 0 Å². The number of rotatable bonds is 10. The zero-order valence-corrected chi connectivity index (χ0v) is 21.1. The first-order chi connectivity index (χ1) is 16.3. The summed E-state index contributed by atoms with van der Waals surface area (Å²) < 4.78 is 12.7. The van der Waals surface area contributed by atoms with Crippen LogP contribution in [0.1, 0.15) is 53.3 Å². The normalized spacial score (nSPS) is 15.9. The van der Waals surface area contributed by atoms with E-state index in [0.29, 0.717) is 34.8 Å². The van der Waals surface area contributed by atoms with Crippen LogP contribution < -0.4 is 22.9 Å². The van der Waals surface area contributed by atoms with Gasteiger partial charge in [-0.25, -0.2) is 4.98 Å². The van der Waals surface area contributed by atoms with Crippen LogP contribution in [0, 0.1) is 5.92 Å². The lowest BCUT2D eigenvalue weighted by atomic mass is 9.80. The molecule has 4 rings (SSSR count). The van der Waals surface area contributed by atoms with E-state index in [-0.39, 0.29) is 18.3 Å². The number of likely N-dealkylation sites (N-methyl/N-ethyl adjacent to an activating group) is 1. The van der Waals surface area contributed by atoms with Crippen LogP contribution in [0.15, 0.2) is 65.2 Å². The van der Waals surface area contributed by atoms with Crippen molar-refractivity contribution in [2.24, 2.45) is 11.7 Å². The number of benzene rings is 2. The quantitative estimate of drug-likeness (QED) is 0.403. The van der Waals surface area contributed by atoms with Gasteiger partial charge in [-0.3, -0.25) is 4.79 Å². The average molecular weight is 500 g/mol. The molecular formula is C27H34ClN3O4. The Hall–Kier alpha value is -2.87. The van der Waals surface area contributed by atoms with Crippen molar-refractivity contribution in [3.05, 3.63) is 83.6 Å². The number of halogens is 1. The molecule has 1 unspecified atom stereocenters. The summed E-state index contributed by atoms with van der Waals surface area (Å²) in [6, 6.07) is 16.6. The molecule has 1 heterocycles. The van der Waals surface area contributed by atoms with Crippen molar-refractivity contribution in [1.82, 2.24) is 4.98 Å². The number of nitrogens with zero attached hydrogens (tertiary/aromatic N) is 2. The van der Waals surface area contributed by atoms with Gasteiger partial charge in [0.05, 0.1) is 20.3 Å². The number of hydrogen-bond acceptors (Lipinski definition) is 5. The molecule has 1 amide bonds. The summed E-state index contributed by atoms with van der Waals surface area (Å²) in [6.07, 6.45) is 5.89. The smallest absolute Gasteiger partial charge is 0.248 e. The summed E-state index contributed by atoms with van der Waals surface area (Å²) in [5, 5.41) is 11.9. The average Bonchev–Trinajstić information content (AvgIpc) is 3.52. The van der Waals surface area contributed by atoms with Gasteiger partial charge in [-0.1, -0.05) is 43.2 Å². The number of oxazole rings is 1. The first-order valence-electron chi connectivity index (χ1n) is 11.9. The highest BCUT2D eigenvalue weighted by molar-refractivity contribution is 5.92. The fraction of sp³-hybridized carbons (Fsp3) is 0.407. The first kappa shape index (κ1) is 26.7. The van der Waals surface area contributed by atoms with E-state index in [2.05, 4.69) is 19.1 Å². The van der Waals surface area contributed by atoms with E-state index in [0.717, 1.165) is 43.6 Å². The molecule has 0 bridgehead atoms. The molecule has 0 saturated heterocycles. The van der Waals surface area contributed by atoms with Gasteiger partial charge in [0.1, 0.15) is 25.4 Å². The van der Waals surface area contributed by atoms with Gasteiger partial charge in [0, 0.05) is 11.5 Å². The minimum atomic E-state index is -1.21. The van der Waals surface area contributed by atoms with E-state index >= 15 is 0 Å². The van der Waals surface area contributed by atoms with Gasteiger partial charge in [-0.15, -0.1) is 0 Å². The highest BCUT2D eigenvalue weighted by Gasteiger charge is 2.45. The summed E-state index contributed by atoms with van der Waals surface area (Å²) in [4.78, 5) is 15.7. The van der Waals surface area contributed by atoms with Crippen LogP contribution in [0.5, 0.6) is 5.75 Å². The van der Waals surface area contributed by atoms with Gasteiger partial charge in [-0.05, 0) is 42.7 Å². The molecule has 188 valence electrons. The second-order valence-corrected chi connectivity index (χ2v) is 9.80. The van der Waals surface area contributed by atoms with Crippen molar-refractivity contribution in [2.45, 2.75) is 37.8 Å². The Morgan fingerprint density at radius 1 is 1.14 bits per heavy atom. The predicted octanol–water partition coefficient (Wildman–Crippen LogP) is 0.859. The lowest BCUT2D eigenvalue weighted by Crippen LogP contribution is -3.00. The fourth-order valence-corrected chi connectivity index (χ4v) is 4.75. The Bertz CT molecular complexity index is 1100. The minimum absolute atomic E-state index is 0. The number of aromatic nitrogens is 1. The third-order valence-corrected chi connectivity index (χ3v) is 6.73. The van der Waals surface area contributed by atoms with E-state index in [1.807, 2.05) is 30.3 Å². The Morgan fingerprint density at radius 3 is 2.43 bits per heavy atom. The highest BCUT2D eigenvalue weighted by atomic mass is 35.5. The molecule has 1 fully saturated rings. The summed E-state index contributed by atoms with van der Waals surface area (Å²) >= 11 is 0. The van der Waals surface area contributed by atoms with Crippen molar-refractivity contribution < 1.29 is 35.9 Å². The van der Waals surface area contributed by atoms with Crippen LogP contribution in [0.2, 0.25) is 0 Å². The molecule has 35 heavy (non-hydrogen) atoms. The third kappa shape index (κ3) is 6.23. The topological polar surface area (TPSA) is 98.6 Å². The van der Waals surface area contributed by atoms with E-state index in [4.69, 9.17) is 14.9 Å². The number of aliphatic hydroxyl groups is 1. The van der Waals surface area contributed by atoms with Gasteiger partial charge in [0.15, 0.2) is 11.4 Å². The summed E-state index contributed by atoms with van der Waals surface area (Å²) in [6.45, 7) is 1.85. The molecule has 3 aromatic rings. The minimum Gasteiger partial charge on any atom is -1.00 e. The fourth-order valence-electron chi connectivity index (χ4n) is 4.75. The van der Waals surface area contributed by atoms with Crippen molar-refractivity contribution >= 4 is 5.91 Å². The first-order valence-corrected chi connectivity index (χ1v) is 11.9. The predicted molar refractivity (Wildman–Crippen MR) is 129 cm³/mol. The number of quaternary nitrogens is 1. The Balaban J connectivity index is 0.00000342. The van der Waals surface area contributed by atoms with E-state index in [9.17, 15) is 9.90 Å². The molecular weight excluding hydrogens is 466 g/mol. The largest absolute Gasteiger partial charge is 1.00 e. The van der Waals surface area contributed by atoms with Crippen LogP contribution in [0.4, 0.5) is 0 Å². The third-order valence-electron chi connectivity index (χ3n) is 6.73. The second kappa shape index (κ2) is 11.2. The summed E-state index contributed by atoms with van der Waals surface area (Å²) in [7, 11) is 4.20. The summed E-state index contributed by atoms with van der Waals surface area (Å²) in [5.74, 6) is 1.45. The van der Waals surface area contributed by atoms with Crippen LogP contribution in [-0.4, -0.2) is 47.7 Å². The maximum absolute atomic E-state index is 11.9. The van der Waals surface area contributed by atoms with E-state index in [1.54, 1.807) is 30.5 Å². The van der Waals surface area contributed by atoms with Crippen LogP contribution in [0.25, 0.3) is 0 Å². The van der Waals surface area contributed by atoms with Crippen molar-refractivity contribution in [3.8, 4) is 5.75 Å². The van der Waals surface area contributed by atoms with Crippen molar-refractivity contribution in [1.29, 1.82) is 0 Å². The van der Waals surface area contributed by atoms with Crippen molar-refractivity contribution in [2.75, 3.05) is 27.2 Å². The summed E-state index contributed by atoms with van der Waals surface area (Å²) in [5.41, 5.74) is 5.35. The number of carbonyl (C=O) groups is 1. The van der Waals surface area contributed by atoms with Crippen LogP contribution in [-0.2, 0) is 12.1 Å². The molecule has 1 atom stereocenters. The number of carbonyl (C=O) groups excluding carboxylic acids is 1. The van der Waals surface area contributed by atoms with Crippen LogP contribution >= 0.6 is 0 Å². The molecule has 0 radical (unpaired) electrons. The molecule has 1 aliphatic rings. The Kier molecular flexibility index (Phi) is 8.59. The molecule has 1 aliphatic carbocycles. The number of ether oxygens (including phenoxy) is 1. The van der Waals surface area contributed by atoms with Gasteiger partial charge < -0.3 is 36.9 Å². The lowest BCUT2D eigenvalue weighted by molar-refractivity contribution is -0.904. The number of hydrogen-bond donors (Lipinski definition) is 2. The van der Waals surface area contributed by atoms with Gasteiger partial charge in [0.25, 0.3) is 0 Å². The maximum atomic E-state index is 11.9. The molecule has 8 heteroatoms. The molecule has 2 aromatic carbocycles. The van der Waals surface area contributed by atoms with Gasteiger partial charge in [0.2, 0.25) is 11.8 Å². The standard InChI is InChI=1S/C27H33N3O4.ClH/c1-30(2,16-17-33-23-14-12-20(13-15-23)25(28)31)19-24-18-29-26(34-24)27(32,22-10-6-7-11-22)21-8-4-3-5-9-21;/h3-5,8-9,12-15,18,22,32H,6-7,10-11,16-17,19H2,1-2H3,(H-,28,31);1H. The van der Waals surface area contributed by atoms with Crippen molar-refractivity contribution in [3.63, 3.8) is 0 Å².